The van der Waals surface area contributed by atoms with Gasteiger partial charge in [-0.05, 0) is 49.2 Å². The molecule has 0 aliphatic rings. The molecule has 3 rings (SSSR count). The van der Waals surface area contributed by atoms with Crippen LogP contribution in [0.1, 0.15) is 38.4 Å². The van der Waals surface area contributed by atoms with Crippen LogP contribution in [0.2, 0.25) is 0 Å². The van der Waals surface area contributed by atoms with Crippen LogP contribution in [0, 0.1) is 13.8 Å². The van der Waals surface area contributed by atoms with Crippen LogP contribution in [-0.2, 0) is 19.6 Å². The summed E-state index contributed by atoms with van der Waals surface area (Å²) in [5, 5.41) is 13.2. The van der Waals surface area contributed by atoms with Crippen LogP contribution in [0.5, 0.6) is 11.5 Å². The van der Waals surface area contributed by atoms with Gasteiger partial charge in [0.15, 0.2) is 0 Å². The molecule has 1 heterocycles. The third kappa shape index (κ3) is 4.66. The van der Waals surface area contributed by atoms with Crippen LogP contribution >= 0.6 is 0 Å². The summed E-state index contributed by atoms with van der Waals surface area (Å²) in [6.45, 7) is 5.59. The lowest BCUT2D eigenvalue weighted by atomic mass is 10.1. The zero-order valence-corrected chi connectivity index (χ0v) is 17.9. The number of carboxylic acid groups (broad SMARTS) is 1. The number of methoxy groups -OCH3 is 2. The van der Waals surface area contributed by atoms with Crippen LogP contribution in [0.4, 0.5) is 0 Å². The van der Waals surface area contributed by atoms with Crippen LogP contribution in [-0.4, -0.2) is 29.9 Å². The minimum atomic E-state index is -0.898. The van der Waals surface area contributed by atoms with E-state index in [2.05, 4.69) is 9.88 Å². The maximum atomic E-state index is 12.0. The van der Waals surface area contributed by atoms with Gasteiger partial charge in [-0.25, -0.2) is 4.79 Å². The third-order valence-corrected chi connectivity index (χ3v) is 5.41. The number of nitrogens with zero attached hydrogens (tertiary/aromatic N) is 1. The average Bonchev–Trinajstić information content (AvgIpc) is 2.99. The van der Waals surface area contributed by atoms with E-state index < -0.39 is 5.97 Å². The maximum Gasteiger partial charge on any atom is 0.337 e. The first-order valence-corrected chi connectivity index (χ1v) is 9.83. The van der Waals surface area contributed by atoms with E-state index in [0.29, 0.717) is 25.2 Å². The summed E-state index contributed by atoms with van der Waals surface area (Å²) in [7, 11) is 3.28. The average molecular weight is 408 g/mol. The van der Waals surface area contributed by atoms with Crippen molar-refractivity contribution in [1.82, 2.24) is 9.88 Å². The van der Waals surface area contributed by atoms with Crippen molar-refractivity contribution < 1.29 is 19.4 Å². The number of ether oxygens (including phenoxy) is 2. The van der Waals surface area contributed by atoms with Crippen molar-refractivity contribution in [2.24, 2.45) is 0 Å². The number of carboxylic acids is 1. The quantitative estimate of drug-likeness (QED) is 0.556. The number of hydrogen-bond donors (Lipinski definition) is 2. The molecule has 6 heteroatoms. The molecular weight excluding hydrogens is 380 g/mol. The van der Waals surface area contributed by atoms with Crippen LogP contribution < -0.4 is 14.8 Å². The smallest absolute Gasteiger partial charge is 0.337 e. The molecular formula is C24H28N2O4. The molecule has 1 aromatic heterocycles. The highest BCUT2D eigenvalue weighted by molar-refractivity contribution is 5.91. The molecule has 0 saturated carbocycles. The summed E-state index contributed by atoms with van der Waals surface area (Å²) < 4.78 is 12.5. The fourth-order valence-electron chi connectivity index (χ4n) is 3.67. The zero-order chi connectivity index (χ0) is 21.7. The molecule has 0 amide bonds. The monoisotopic (exact) mass is 408 g/mol. The summed E-state index contributed by atoms with van der Waals surface area (Å²) >= 11 is 0. The normalized spacial score (nSPS) is 10.8. The number of rotatable bonds is 9. The van der Waals surface area contributed by atoms with Gasteiger partial charge in [-0.2, -0.15) is 0 Å². The van der Waals surface area contributed by atoms with E-state index in [1.54, 1.807) is 14.2 Å². The molecule has 0 aliphatic carbocycles. The van der Waals surface area contributed by atoms with Crippen molar-refractivity contribution in [3.8, 4) is 11.5 Å². The van der Waals surface area contributed by atoms with E-state index in [-0.39, 0.29) is 0 Å². The highest BCUT2D eigenvalue weighted by atomic mass is 16.5. The van der Waals surface area contributed by atoms with Crippen molar-refractivity contribution in [3.63, 3.8) is 0 Å². The van der Waals surface area contributed by atoms with Crippen molar-refractivity contribution in [3.05, 3.63) is 82.2 Å². The van der Waals surface area contributed by atoms with Gasteiger partial charge in [-0.15, -0.1) is 0 Å². The largest absolute Gasteiger partial charge is 0.497 e. The molecule has 30 heavy (non-hydrogen) atoms. The Labute approximate surface area is 177 Å². The predicted molar refractivity (Wildman–Crippen MR) is 116 cm³/mol. The second kappa shape index (κ2) is 9.50. The number of carbonyl (C=O) groups is 1. The lowest BCUT2D eigenvalue weighted by Crippen LogP contribution is -2.15. The first-order valence-electron chi connectivity index (χ1n) is 9.83. The highest BCUT2D eigenvalue weighted by Crippen LogP contribution is 2.24. The van der Waals surface area contributed by atoms with Gasteiger partial charge in [0.05, 0.1) is 19.8 Å². The minimum Gasteiger partial charge on any atom is -0.497 e. The van der Waals surface area contributed by atoms with Gasteiger partial charge in [-0.1, -0.05) is 24.3 Å². The number of aromatic nitrogens is 1. The summed E-state index contributed by atoms with van der Waals surface area (Å²) in [6.07, 6.45) is 0. The van der Waals surface area contributed by atoms with Gasteiger partial charge < -0.3 is 24.5 Å². The molecule has 0 aliphatic heterocycles. The molecule has 0 radical (unpaired) electrons. The highest BCUT2D eigenvalue weighted by Gasteiger charge is 2.22. The van der Waals surface area contributed by atoms with Crippen LogP contribution in [0.25, 0.3) is 0 Å². The lowest BCUT2D eigenvalue weighted by Gasteiger charge is -2.11. The molecule has 6 nitrogen and oxygen atoms in total. The topological polar surface area (TPSA) is 72.7 Å². The van der Waals surface area contributed by atoms with E-state index in [0.717, 1.165) is 39.6 Å². The van der Waals surface area contributed by atoms with Gasteiger partial charge in [0.25, 0.3) is 0 Å². The first-order chi connectivity index (χ1) is 14.4. The molecule has 158 valence electrons. The van der Waals surface area contributed by atoms with E-state index in [1.165, 1.54) is 0 Å². The zero-order valence-electron chi connectivity index (χ0n) is 17.9. The fourth-order valence-corrected chi connectivity index (χ4v) is 3.67. The molecule has 2 N–H and O–H groups in total. The van der Waals surface area contributed by atoms with Crippen LogP contribution in [0.15, 0.2) is 48.5 Å². The Morgan fingerprint density at radius 1 is 0.867 bits per heavy atom. The molecule has 0 fully saturated rings. The van der Waals surface area contributed by atoms with Gasteiger partial charge in [0.1, 0.15) is 11.5 Å². The van der Waals surface area contributed by atoms with Gasteiger partial charge in [0, 0.05) is 36.6 Å². The molecule has 0 atom stereocenters. The minimum absolute atomic E-state index is 0.378. The SMILES string of the molecule is COc1ccc(CNCc2c(C(=O)O)c(C)n(Cc3ccc(OC)cc3)c2C)cc1. The standard InChI is InChI=1S/C24H28N2O4/c1-16-22(14-25-13-18-5-9-20(29-3)10-6-18)23(24(27)28)17(2)26(16)15-19-7-11-21(30-4)12-8-19/h5-12,25H,13-15H2,1-4H3,(H,27,28). The Hall–Kier alpha value is -3.25. The molecule has 2 aromatic carbocycles. The number of hydrogen-bond acceptors (Lipinski definition) is 4. The van der Waals surface area contributed by atoms with Crippen molar-refractivity contribution >= 4 is 5.97 Å². The summed E-state index contributed by atoms with van der Waals surface area (Å²) in [6, 6.07) is 15.7. The lowest BCUT2D eigenvalue weighted by molar-refractivity contribution is 0.0694. The second-order valence-electron chi connectivity index (χ2n) is 7.22. The van der Waals surface area contributed by atoms with Crippen molar-refractivity contribution in [2.75, 3.05) is 14.2 Å². The Morgan fingerprint density at radius 2 is 1.40 bits per heavy atom. The maximum absolute atomic E-state index is 12.0. The van der Waals surface area contributed by atoms with Crippen molar-refractivity contribution in [1.29, 1.82) is 0 Å². The fraction of sp³-hybridized carbons (Fsp3) is 0.292. The predicted octanol–water partition coefficient (Wildman–Crippen LogP) is 4.16. The van der Waals surface area contributed by atoms with E-state index in [4.69, 9.17) is 9.47 Å². The number of benzene rings is 2. The summed E-state index contributed by atoms with van der Waals surface area (Å²) in [4.78, 5) is 12.0. The third-order valence-electron chi connectivity index (χ3n) is 5.41. The van der Waals surface area contributed by atoms with E-state index >= 15 is 0 Å². The van der Waals surface area contributed by atoms with Crippen LogP contribution in [0.3, 0.4) is 0 Å². The molecule has 0 bridgehead atoms. The molecule has 0 saturated heterocycles. The van der Waals surface area contributed by atoms with Gasteiger partial charge in [0.2, 0.25) is 0 Å². The summed E-state index contributed by atoms with van der Waals surface area (Å²) in [5.74, 6) is 0.716. The second-order valence-corrected chi connectivity index (χ2v) is 7.22. The van der Waals surface area contributed by atoms with Gasteiger partial charge in [-0.3, -0.25) is 0 Å². The Morgan fingerprint density at radius 3 is 1.90 bits per heavy atom. The Balaban J connectivity index is 1.78. The van der Waals surface area contributed by atoms with Gasteiger partial charge >= 0.3 is 5.97 Å². The Bertz CT molecular complexity index is 1010. The van der Waals surface area contributed by atoms with Crippen molar-refractivity contribution in [2.45, 2.75) is 33.5 Å². The van der Waals surface area contributed by atoms with E-state index in [9.17, 15) is 9.90 Å². The first kappa shape index (κ1) is 21.5. The molecule has 0 unspecified atom stereocenters. The Kier molecular flexibility index (Phi) is 6.79. The number of nitrogens with one attached hydrogen (secondary N) is 1. The number of aromatic carboxylic acids is 1. The van der Waals surface area contributed by atoms with E-state index in [1.807, 2.05) is 62.4 Å². The summed E-state index contributed by atoms with van der Waals surface area (Å²) in [5.41, 5.74) is 5.12. The molecule has 0 spiro atoms. The molecule has 3 aromatic rings.